The summed E-state index contributed by atoms with van der Waals surface area (Å²) in [4.78, 5) is 22.3. The number of amides is 1. The SMILES string of the molecule is O=C(Cc1cccc2ccccc12)NCc1nccnc1-c1cccs1. The Hall–Kier alpha value is -3.05. The lowest BCUT2D eigenvalue weighted by molar-refractivity contribution is -0.120. The molecule has 4 nitrogen and oxygen atoms in total. The second-order valence-corrected chi connectivity index (χ2v) is 6.87. The summed E-state index contributed by atoms with van der Waals surface area (Å²) >= 11 is 1.61. The summed E-state index contributed by atoms with van der Waals surface area (Å²) in [5, 5.41) is 7.24. The topological polar surface area (TPSA) is 54.9 Å². The largest absolute Gasteiger partial charge is 0.350 e. The molecule has 0 aliphatic rings. The summed E-state index contributed by atoms with van der Waals surface area (Å²) < 4.78 is 0. The molecule has 2 aromatic heterocycles. The van der Waals surface area contributed by atoms with Gasteiger partial charge in [-0.3, -0.25) is 14.8 Å². The van der Waals surface area contributed by atoms with Gasteiger partial charge in [-0.2, -0.15) is 0 Å². The third-order valence-electron chi connectivity index (χ3n) is 4.21. The Bertz CT molecular complexity index is 1040. The van der Waals surface area contributed by atoms with E-state index in [1.54, 1.807) is 23.7 Å². The first-order valence-electron chi connectivity index (χ1n) is 8.38. The van der Waals surface area contributed by atoms with Crippen LogP contribution in [0.1, 0.15) is 11.3 Å². The van der Waals surface area contributed by atoms with E-state index >= 15 is 0 Å². The summed E-state index contributed by atoms with van der Waals surface area (Å²) in [7, 11) is 0. The van der Waals surface area contributed by atoms with E-state index in [0.717, 1.165) is 32.6 Å². The van der Waals surface area contributed by atoms with Gasteiger partial charge < -0.3 is 5.32 Å². The standard InChI is InChI=1S/C21H17N3OS/c25-20(13-16-7-3-6-15-5-1-2-8-17(15)16)24-14-18-21(23-11-10-22-18)19-9-4-12-26-19/h1-12H,13-14H2,(H,24,25). The zero-order valence-electron chi connectivity index (χ0n) is 14.1. The van der Waals surface area contributed by atoms with Gasteiger partial charge in [0, 0.05) is 12.4 Å². The predicted octanol–water partition coefficient (Wildman–Crippen LogP) is 4.22. The number of fused-ring (bicyclic) bond motifs is 1. The van der Waals surface area contributed by atoms with E-state index in [1.165, 1.54) is 0 Å². The van der Waals surface area contributed by atoms with Gasteiger partial charge in [-0.15, -0.1) is 11.3 Å². The number of aromatic nitrogens is 2. The molecule has 4 rings (SSSR count). The van der Waals surface area contributed by atoms with Crippen LogP contribution in [0.2, 0.25) is 0 Å². The van der Waals surface area contributed by atoms with Gasteiger partial charge in [0.05, 0.1) is 23.5 Å². The van der Waals surface area contributed by atoms with Gasteiger partial charge in [-0.05, 0) is 27.8 Å². The van der Waals surface area contributed by atoms with Crippen LogP contribution in [0.5, 0.6) is 0 Å². The van der Waals surface area contributed by atoms with Crippen molar-refractivity contribution < 1.29 is 4.79 Å². The average Bonchev–Trinajstić information content (AvgIpc) is 3.21. The number of rotatable bonds is 5. The number of carbonyl (C=O) groups excluding carboxylic acids is 1. The van der Waals surface area contributed by atoms with Crippen LogP contribution in [0.4, 0.5) is 0 Å². The average molecular weight is 359 g/mol. The third kappa shape index (κ3) is 3.48. The zero-order valence-corrected chi connectivity index (χ0v) is 14.9. The molecule has 0 saturated heterocycles. The van der Waals surface area contributed by atoms with Crippen LogP contribution in [-0.2, 0) is 17.8 Å². The maximum atomic E-state index is 12.5. The number of nitrogens with one attached hydrogen (secondary N) is 1. The van der Waals surface area contributed by atoms with Crippen molar-refractivity contribution in [2.24, 2.45) is 0 Å². The predicted molar refractivity (Wildman–Crippen MR) is 105 cm³/mol. The minimum atomic E-state index is -0.0239. The van der Waals surface area contributed by atoms with E-state index in [0.29, 0.717) is 13.0 Å². The number of hydrogen-bond donors (Lipinski definition) is 1. The van der Waals surface area contributed by atoms with Crippen LogP contribution in [0.25, 0.3) is 21.3 Å². The van der Waals surface area contributed by atoms with E-state index in [2.05, 4.69) is 33.5 Å². The second kappa shape index (κ2) is 7.45. The Morgan fingerprint density at radius 1 is 0.962 bits per heavy atom. The fourth-order valence-corrected chi connectivity index (χ4v) is 3.72. The van der Waals surface area contributed by atoms with Crippen LogP contribution in [0, 0.1) is 0 Å². The highest BCUT2D eigenvalue weighted by molar-refractivity contribution is 7.13. The van der Waals surface area contributed by atoms with Crippen molar-refractivity contribution in [2.45, 2.75) is 13.0 Å². The molecule has 1 amide bonds. The first-order valence-corrected chi connectivity index (χ1v) is 9.26. The maximum absolute atomic E-state index is 12.5. The van der Waals surface area contributed by atoms with Crippen molar-refractivity contribution in [3.05, 3.63) is 83.6 Å². The molecule has 5 heteroatoms. The molecule has 2 heterocycles. The Kier molecular flexibility index (Phi) is 4.71. The number of hydrogen-bond acceptors (Lipinski definition) is 4. The van der Waals surface area contributed by atoms with Crippen molar-refractivity contribution in [1.82, 2.24) is 15.3 Å². The van der Waals surface area contributed by atoms with Gasteiger partial charge >= 0.3 is 0 Å². The highest BCUT2D eigenvalue weighted by atomic mass is 32.1. The summed E-state index contributed by atoms with van der Waals surface area (Å²) in [6, 6.07) is 18.2. The highest BCUT2D eigenvalue weighted by Crippen LogP contribution is 2.24. The van der Waals surface area contributed by atoms with Gasteiger partial charge in [0.25, 0.3) is 0 Å². The molecule has 0 aliphatic carbocycles. The lowest BCUT2D eigenvalue weighted by atomic mass is 10.0. The number of benzene rings is 2. The smallest absolute Gasteiger partial charge is 0.224 e. The summed E-state index contributed by atoms with van der Waals surface area (Å²) in [5.74, 6) is -0.0239. The first-order chi connectivity index (χ1) is 12.8. The molecule has 0 unspecified atom stereocenters. The zero-order chi connectivity index (χ0) is 17.8. The molecule has 0 saturated carbocycles. The fraction of sp³-hybridized carbons (Fsp3) is 0.0952. The number of nitrogens with zero attached hydrogens (tertiary/aromatic N) is 2. The first kappa shape index (κ1) is 16.4. The van der Waals surface area contributed by atoms with Gasteiger partial charge in [-0.25, -0.2) is 0 Å². The van der Waals surface area contributed by atoms with E-state index in [1.807, 2.05) is 41.8 Å². The summed E-state index contributed by atoms with van der Waals surface area (Å²) in [5.41, 5.74) is 2.63. The highest BCUT2D eigenvalue weighted by Gasteiger charge is 2.11. The normalized spacial score (nSPS) is 10.8. The maximum Gasteiger partial charge on any atom is 0.224 e. The molecular weight excluding hydrogens is 342 g/mol. The van der Waals surface area contributed by atoms with Crippen LogP contribution >= 0.6 is 11.3 Å². The van der Waals surface area contributed by atoms with E-state index in [9.17, 15) is 4.79 Å². The Balaban J connectivity index is 1.48. The molecule has 128 valence electrons. The van der Waals surface area contributed by atoms with Crippen molar-refractivity contribution >= 4 is 28.0 Å². The van der Waals surface area contributed by atoms with Crippen molar-refractivity contribution in [2.75, 3.05) is 0 Å². The molecule has 26 heavy (non-hydrogen) atoms. The Morgan fingerprint density at radius 2 is 1.81 bits per heavy atom. The van der Waals surface area contributed by atoms with Gasteiger partial charge in [0.2, 0.25) is 5.91 Å². The van der Waals surface area contributed by atoms with Crippen molar-refractivity contribution in [3.8, 4) is 10.6 Å². The molecule has 4 aromatic rings. The van der Waals surface area contributed by atoms with Crippen LogP contribution < -0.4 is 5.32 Å². The molecule has 0 atom stereocenters. The molecule has 0 spiro atoms. The second-order valence-electron chi connectivity index (χ2n) is 5.92. The lowest BCUT2D eigenvalue weighted by Crippen LogP contribution is -2.25. The molecule has 0 aliphatic heterocycles. The van der Waals surface area contributed by atoms with Crippen LogP contribution in [-0.4, -0.2) is 15.9 Å². The molecule has 0 bridgehead atoms. The minimum absolute atomic E-state index is 0.0239. The van der Waals surface area contributed by atoms with Crippen molar-refractivity contribution in [1.29, 1.82) is 0 Å². The van der Waals surface area contributed by atoms with Gasteiger partial charge in [-0.1, -0.05) is 48.5 Å². The monoisotopic (exact) mass is 359 g/mol. The summed E-state index contributed by atoms with van der Waals surface area (Å²) in [6.45, 7) is 0.366. The van der Waals surface area contributed by atoms with Crippen molar-refractivity contribution in [3.63, 3.8) is 0 Å². The summed E-state index contributed by atoms with van der Waals surface area (Å²) in [6.07, 6.45) is 3.68. The van der Waals surface area contributed by atoms with Crippen LogP contribution in [0.3, 0.4) is 0 Å². The van der Waals surface area contributed by atoms with E-state index < -0.39 is 0 Å². The number of carbonyl (C=O) groups is 1. The molecule has 0 radical (unpaired) electrons. The van der Waals surface area contributed by atoms with E-state index in [4.69, 9.17) is 0 Å². The minimum Gasteiger partial charge on any atom is -0.350 e. The third-order valence-corrected chi connectivity index (χ3v) is 5.09. The molecule has 1 N–H and O–H groups in total. The molecular formula is C21H17N3OS. The molecule has 2 aromatic carbocycles. The lowest BCUT2D eigenvalue weighted by Gasteiger charge is -2.09. The molecule has 0 fully saturated rings. The van der Waals surface area contributed by atoms with Crippen LogP contribution in [0.15, 0.2) is 72.4 Å². The Labute approximate surface area is 155 Å². The van der Waals surface area contributed by atoms with E-state index in [-0.39, 0.29) is 5.91 Å². The fourth-order valence-electron chi connectivity index (χ4n) is 2.98. The van der Waals surface area contributed by atoms with Gasteiger partial charge in [0.15, 0.2) is 0 Å². The Morgan fingerprint density at radius 3 is 2.69 bits per heavy atom. The quantitative estimate of drug-likeness (QED) is 0.580. The number of thiophene rings is 1. The van der Waals surface area contributed by atoms with Gasteiger partial charge in [0.1, 0.15) is 5.69 Å².